The molecule has 7 heteroatoms. The Hall–Kier alpha value is -1.47. The second-order valence-corrected chi connectivity index (χ2v) is 3.41. The lowest BCUT2D eigenvalue weighted by Crippen LogP contribution is -2.39. The zero-order valence-electron chi connectivity index (χ0n) is 7.38. The molecule has 0 aromatic heterocycles. The van der Waals surface area contributed by atoms with E-state index in [1.54, 1.807) is 5.43 Å². The molecule has 0 bridgehead atoms. The number of nitrogens with two attached hydrogens (primary N) is 1. The first-order valence-electron chi connectivity index (χ1n) is 3.81. The monoisotopic (exact) mass is 275 g/mol. The van der Waals surface area contributed by atoms with E-state index in [1.165, 1.54) is 12.1 Å². The van der Waals surface area contributed by atoms with Crippen LogP contribution in [0.15, 0.2) is 22.7 Å². The van der Waals surface area contributed by atoms with Crippen LogP contribution in [0.3, 0.4) is 0 Å². The molecular weight excluding hydrogens is 269 g/mol. The van der Waals surface area contributed by atoms with Crippen LogP contribution in [0.1, 0.15) is 0 Å². The van der Waals surface area contributed by atoms with Crippen LogP contribution in [0.5, 0.6) is 0 Å². The lowest BCUT2D eigenvalue weighted by molar-refractivity contribution is -0.136. The quantitative estimate of drug-likeness (QED) is 0.302. The molecule has 0 radical (unpaired) electrons. The number of hydrazine groups is 1. The number of hydrogen-bond acceptors (Lipinski definition) is 3. The van der Waals surface area contributed by atoms with Crippen molar-refractivity contribution in [2.75, 3.05) is 5.32 Å². The van der Waals surface area contributed by atoms with Gasteiger partial charge in [-0.1, -0.05) is 0 Å². The molecule has 0 aliphatic carbocycles. The summed E-state index contributed by atoms with van der Waals surface area (Å²) in [6.45, 7) is 0. The van der Waals surface area contributed by atoms with Crippen LogP contribution in [0.25, 0.3) is 0 Å². The van der Waals surface area contributed by atoms with Crippen molar-refractivity contribution < 1.29 is 14.0 Å². The highest BCUT2D eigenvalue weighted by atomic mass is 79.9. The van der Waals surface area contributed by atoms with E-state index in [1.807, 2.05) is 0 Å². The maximum atomic E-state index is 12.8. The second kappa shape index (κ2) is 4.85. The van der Waals surface area contributed by atoms with Crippen molar-refractivity contribution in [1.29, 1.82) is 0 Å². The summed E-state index contributed by atoms with van der Waals surface area (Å²) in [7, 11) is 0. The van der Waals surface area contributed by atoms with Gasteiger partial charge in [-0.2, -0.15) is 0 Å². The normalized spacial score (nSPS) is 9.53. The summed E-state index contributed by atoms with van der Waals surface area (Å²) in [6, 6.07) is 3.80. The molecule has 0 atom stereocenters. The maximum absolute atomic E-state index is 12.8. The molecule has 4 N–H and O–H groups in total. The van der Waals surface area contributed by atoms with Gasteiger partial charge >= 0.3 is 11.8 Å². The van der Waals surface area contributed by atoms with E-state index in [-0.39, 0.29) is 10.2 Å². The van der Waals surface area contributed by atoms with Gasteiger partial charge in [0.2, 0.25) is 0 Å². The number of hydrogen-bond donors (Lipinski definition) is 3. The van der Waals surface area contributed by atoms with Crippen LogP contribution in [0.4, 0.5) is 10.1 Å². The van der Waals surface area contributed by atoms with Gasteiger partial charge < -0.3 is 5.32 Å². The first-order valence-corrected chi connectivity index (χ1v) is 4.61. The molecule has 1 rings (SSSR count). The fraction of sp³-hybridized carbons (Fsp3) is 0. The number of nitrogens with one attached hydrogen (secondary N) is 2. The number of amides is 2. The lowest BCUT2D eigenvalue weighted by atomic mass is 10.3. The van der Waals surface area contributed by atoms with Crippen molar-refractivity contribution in [2.24, 2.45) is 5.84 Å². The van der Waals surface area contributed by atoms with Crippen LogP contribution in [0.2, 0.25) is 0 Å². The number of carbonyl (C=O) groups is 2. The fourth-order valence-corrected chi connectivity index (χ4v) is 1.21. The summed E-state index contributed by atoms with van der Waals surface area (Å²) in [5.41, 5.74) is 1.96. The second-order valence-electron chi connectivity index (χ2n) is 2.56. The molecule has 1 aromatic rings. The Balaban J connectivity index is 2.77. The Morgan fingerprint density at radius 3 is 2.53 bits per heavy atom. The van der Waals surface area contributed by atoms with Crippen LogP contribution in [-0.4, -0.2) is 11.8 Å². The van der Waals surface area contributed by atoms with Crippen molar-refractivity contribution in [3.8, 4) is 0 Å². The molecule has 5 nitrogen and oxygen atoms in total. The number of benzene rings is 1. The topological polar surface area (TPSA) is 84.2 Å². The van der Waals surface area contributed by atoms with Crippen molar-refractivity contribution in [1.82, 2.24) is 5.43 Å². The molecule has 0 saturated heterocycles. The molecule has 0 aliphatic rings. The maximum Gasteiger partial charge on any atom is 0.323 e. The van der Waals surface area contributed by atoms with Gasteiger partial charge in [0.25, 0.3) is 0 Å². The Morgan fingerprint density at radius 2 is 2.00 bits per heavy atom. The Morgan fingerprint density at radius 1 is 1.33 bits per heavy atom. The van der Waals surface area contributed by atoms with E-state index in [0.717, 1.165) is 6.07 Å². The third kappa shape index (κ3) is 3.00. The van der Waals surface area contributed by atoms with E-state index >= 15 is 0 Å². The summed E-state index contributed by atoms with van der Waals surface area (Å²) in [5, 5.41) is 2.23. The van der Waals surface area contributed by atoms with Crippen LogP contribution >= 0.6 is 15.9 Å². The van der Waals surface area contributed by atoms with Gasteiger partial charge in [0.1, 0.15) is 5.82 Å². The summed E-state index contributed by atoms with van der Waals surface area (Å²) >= 11 is 2.94. The predicted octanol–water partition coefficient (Wildman–Crippen LogP) is 0.517. The van der Waals surface area contributed by atoms with Crippen LogP contribution in [0, 0.1) is 5.82 Å². The van der Waals surface area contributed by atoms with Crippen molar-refractivity contribution >= 4 is 33.4 Å². The third-order valence-corrected chi connectivity index (χ3v) is 2.12. The lowest BCUT2D eigenvalue weighted by Gasteiger charge is -2.04. The van der Waals surface area contributed by atoms with Crippen molar-refractivity contribution in [2.45, 2.75) is 0 Å². The van der Waals surface area contributed by atoms with Gasteiger partial charge in [0.05, 0.1) is 4.47 Å². The van der Waals surface area contributed by atoms with E-state index in [0.29, 0.717) is 0 Å². The van der Waals surface area contributed by atoms with Crippen molar-refractivity contribution in [3.05, 3.63) is 28.5 Å². The molecule has 0 spiro atoms. The molecule has 0 heterocycles. The zero-order chi connectivity index (χ0) is 11.4. The molecule has 1 aromatic carbocycles. The molecule has 0 aliphatic heterocycles. The highest BCUT2D eigenvalue weighted by Gasteiger charge is 2.12. The van der Waals surface area contributed by atoms with E-state index < -0.39 is 17.6 Å². The minimum absolute atomic E-state index is 0.188. The highest BCUT2D eigenvalue weighted by Crippen LogP contribution is 2.19. The Bertz CT molecular complexity index is 411. The number of rotatable bonds is 1. The molecular formula is C8H7BrFN3O2. The minimum atomic E-state index is -0.976. The average molecular weight is 276 g/mol. The smallest absolute Gasteiger partial charge is 0.318 e. The van der Waals surface area contributed by atoms with Gasteiger partial charge in [-0.3, -0.25) is 15.0 Å². The van der Waals surface area contributed by atoms with Gasteiger partial charge in [-0.25, -0.2) is 10.2 Å². The van der Waals surface area contributed by atoms with Gasteiger partial charge in [-0.05, 0) is 34.1 Å². The minimum Gasteiger partial charge on any atom is -0.318 e. The Labute approximate surface area is 92.9 Å². The molecule has 15 heavy (non-hydrogen) atoms. The first kappa shape index (κ1) is 11.6. The molecule has 80 valence electrons. The number of anilines is 1. The first-order chi connectivity index (χ1) is 7.04. The third-order valence-electron chi connectivity index (χ3n) is 1.51. The SMILES string of the molecule is NNC(=O)C(=O)Nc1ccc(F)c(Br)c1. The zero-order valence-corrected chi connectivity index (χ0v) is 8.97. The largest absolute Gasteiger partial charge is 0.323 e. The summed E-state index contributed by atoms with van der Waals surface area (Å²) < 4.78 is 13.0. The molecule has 0 saturated carbocycles. The summed E-state index contributed by atoms with van der Waals surface area (Å²) in [6.07, 6.45) is 0. The van der Waals surface area contributed by atoms with Crippen molar-refractivity contribution in [3.63, 3.8) is 0 Å². The Kier molecular flexibility index (Phi) is 3.75. The van der Waals surface area contributed by atoms with Crippen LogP contribution < -0.4 is 16.6 Å². The van der Waals surface area contributed by atoms with E-state index in [4.69, 9.17) is 5.84 Å². The summed E-state index contributed by atoms with van der Waals surface area (Å²) in [4.78, 5) is 21.8. The molecule has 0 fully saturated rings. The molecule has 0 unspecified atom stereocenters. The van der Waals surface area contributed by atoms with E-state index in [9.17, 15) is 14.0 Å². The fourth-order valence-electron chi connectivity index (χ4n) is 0.827. The standard InChI is InChI=1S/C8H7BrFN3O2/c9-5-3-4(1-2-6(5)10)12-7(14)8(15)13-11/h1-3H,11H2,(H,12,14)(H,13,15). The van der Waals surface area contributed by atoms with Crippen LogP contribution in [-0.2, 0) is 9.59 Å². The summed E-state index contributed by atoms with van der Waals surface area (Å²) in [5.74, 6) is 2.39. The van der Waals surface area contributed by atoms with Gasteiger partial charge in [0.15, 0.2) is 0 Å². The van der Waals surface area contributed by atoms with Gasteiger partial charge in [-0.15, -0.1) is 0 Å². The molecule has 2 amide bonds. The van der Waals surface area contributed by atoms with E-state index in [2.05, 4.69) is 21.2 Å². The highest BCUT2D eigenvalue weighted by molar-refractivity contribution is 9.10. The average Bonchev–Trinajstić information content (AvgIpc) is 2.22. The number of halogens is 2. The predicted molar refractivity (Wildman–Crippen MR) is 55.1 cm³/mol. The van der Waals surface area contributed by atoms with Gasteiger partial charge in [0, 0.05) is 5.69 Å². The number of carbonyl (C=O) groups excluding carboxylic acids is 2.